The zero-order valence-corrected chi connectivity index (χ0v) is 14.3. The molecular weight excluding hydrogens is 322 g/mol. The molecule has 0 unspecified atom stereocenters. The Bertz CT molecular complexity index is 713. The minimum Gasteiger partial charge on any atom is -0.481 e. The van der Waals surface area contributed by atoms with Crippen LogP contribution in [0.1, 0.15) is 36.8 Å². The molecule has 3 rings (SSSR count). The molecule has 0 saturated carbocycles. The Morgan fingerprint density at radius 1 is 1.40 bits per heavy atom. The van der Waals surface area contributed by atoms with Gasteiger partial charge in [0.15, 0.2) is 0 Å². The topological polar surface area (TPSA) is 99.7 Å². The first-order valence-electron chi connectivity index (χ1n) is 8.54. The smallest absolute Gasteiger partial charge is 0.303 e. The van der Waals surface area contributed by atoms with Crippen molar-refractivity contribution in [2.24, 2.45) is 5.92 Å². The Morgan fingerprint density at radius 3 is 2.80 bits per heavy atom. The lowest BCUT2D eigenvalue weighted by Gasteiger charge is -2.33. The fourth-order valence-corrected chi connectivity index (χ4v) is 3.35. The van der Waals surface area contributed by atoms with Crippen molar-refractivity contribution in [3.8, 4) is 11.4 Å². The number of hydrogen-bond acceptors (Lipinski definition) is 6. The lowest BCUT2D eigenvalue weighted by Crippen LogP contribution is -2.38. The van der Waals surface area contributed by atoms with E-state index in [1.165, 1.54) is 0 Å². The van der Waals surface area contributed by atoms with Gasteiger partial charge >= 0.3 is 5.97 Å². The van der Waals surface area contributed by atoms with Crippen molar-refractivity contribution in [1.29, 1.82) is 0 Å². The summed E-state index contributed by atoms with van der Waals surface area (Å²) in [5.41, 5.74) is 1.66. The summed E-state index contributed by atoms with van der Waals surface area (Å²) in [6.07, 6.45) is 1.51. The van der Waals surface area contributed by atoms with Gasteiger partial charge < -0.3 is 19.6 Å². The van der Waals surface area contributed by atoms with Crippen molar-refractivity contribution in [2.45, 2.75) is 32.3 Å². The van der Waals surface area contributed by atoms with Gasteiger partial charge in [-0.2, -0.15) is 4.98 Å². The summed E-state index contributed by atoms with van der Waals surface area (Å²) in [5.74, 6) is 0.466. The number of aliphatic hydroxyl groups excluding tert-OH is 1. The minimum atomic E-state index is -0.750. The molecule has 1 aromatic carbocycles. The van der Waals surface area contributed by atoms with E-state index in [9.17, 15) is 9.90 Å². The van der Waals surface area contributed by atoms with Crippen LogP contribution in [0.3, 0.4) is 0 Å². The molecule has 0 aliphatic carbocycles. The summed E-state index contributed by atoms with van der Waals surface area (Å²) in [4.78, 5) is 17.2. The highest BCUT2D eigenvalue weighted by atomic mass is 16.5. The molecule has 25 heavy (non-hydrogen) atoms. The minimum absolute atomic E-state index is 0.169. The monoisotopic (exact) mass is 345 g/mol. The van der Waals surface area contributed by atoms with Crippen molar-refractivity contribution >= 4 is 5.97 Å². The van der Waals surface area contributed by atoms with Crippen molar-refractivity contribution < 1.29 is 19.5 Å². The Hall–Kier alpha value is -2.25. The molecule has 0 amide bonds. The summed E-state index contributed by atoms with van der Waals surface area (Å²) in [7, 11) is 0. The standard InChI is InChI=1S/C18H23N3O4/c1-12-19-18(20-25-12)15-6-4-14(5-7-15)16(22)11-21-8-2-3-13(10-21)9-17(23)24/h4-7,13,16,22H,2-3,8-11H2,1H3,(H,23,24)/t13-,16-/m1/s1. The van der Waals surface area contributed by atoms with Crippen molar-refractivity contribution in [2.75, 3.05) is 19.6 Å². The van der Waals surface area contributed by atoms with Crippen molar-refractivity contribution in [3.05, 3.63) is 35.7 Å². The van der Waals surface area contributed by atoms with Crippen LogP contribution in [0.2, 0.25) is 0 Å². The Kier molecular flexibility index (Phi) is 5.45. The zero-order valence-electron chi connectivity index (χ0n) is 14.3. The molecule has 1 aliphatic rings. The normalized spacial score (nSPS) is 19.7. The van der Waals surface area contributed by atoms with Crippen LogP contribution < -0.4 is 0 Å². The third-order valence-corrected chi connectivity index (χ3v) is 4.58. The van der Waals surface area contributed by atoms with Crippen LogP contribution >= 0.6 is 0 Å². The van der Waals surface area contributed by atoms with Gasteiger partial charge in [-0.25, -0.2) is 0 Å². The molecule has 2 N–H and O–H groups in total. The molecule has 2 atom stereocenters. The number of aliphatic carboxylic acids is 1. The molecule has 2 heterocycles. The average molecular weight is 345 g/mol. The van der Waals surface area contributed by atoms with Crippen LogP contribution in [0, 0.1) is 12.8 Å². The summed E-state index contributed by atoms with van der Waals surface area (Å²) in [6.45, 7) is 3.87. The highest BCUT2D eigenvalue weighted by molar-refractivity contribution is 5.67. The van der Waals surface area contributed by atoms with Gasteiger partial charge in [0.1, 0.15) is 0 Å². The second-order valence-corrected chi connectivity index (χ2v) is 6.64. The molecule has 0 radical (unpaired) electrons. The van der Waals surface area contributed by atoms with E-state index in [-0.39, 0.29) is 12.3 Å². The van der Waals surface area contributed by atoms with E-state index in [1.807, 2.05) is 24.3 Å². The SMILES string of the molecule is Cc1nc(-c2ccc([C@H](O)CN3CCC[C@H](CC(=O)O)C3)cc2)no1. The van der Waals surface area contributed by atoms with Crippen LogP contribution in [-0.4, -0.2) is 50.9 Å². The summed E-state index contributed by atoms with van der Waals surface area (Å²) < 4.78 is 4.98. The van der Waals surface area contributed by atoms with E-state index < -0.39 is 12.1 Å². The van der Waals surface area contributed by atoms with E-state index >= 15 is 0 Å². The van der Waals surface area contributed by atoms with Crippen LogP contribution in [0.5, 0.6) is 0 Å². The molecule has 0 spiro atoms. The molecule has 7 heteroatoms. The van der Waals surface area contributed by atoms with E-state index in [2.05, 4.69) is 15.0 Å². The van der Waals surface area contributed by atoms with E-state index in [4.69, 9.17) is 9.63 Å². The highest BCUT2D eigenvalue weighted by Gasteiger charge is 2.24. The van der Waals surface area contributed by atoms with Gasteiger partial charge in [0.05, 0.1) is 6.10 Å². The third-order valence-electron chi connectivity index (χ3n) is 4.58. The number of aliphatic hydroxyl groups is 1. The van der Waals surface area contributed by atoms with Crippen molar-refractivity contribution in [1.82, 2.24) is 15.0 Å². The number of piperidine rings is 1. The number of likely N-dealkylation sites (tertiary alicyclic amines) is 1. The lowest BCUT2D eigenvalue weighted by molar-refractivity contribution is -0.138. The van der Waals surface area contributed by atoms with Gasteiger partial charge in [0.25, 0.3) is 0 Å². The number of benzene rings is 1. The number of hydrogen-bond donors (Lipinski definition) is 2. The number of carbonyl (C=O) groups is 1. The van der Waals surface area contributed by atoms with Crippen LogP contribution in [0.15, 0.2) is 28.8 Å². The number of aryl methyl sites for hydroxylation is 1. The molecule has 2 aromatic rings. The van der Waals surface area contributed by atoms with Gasteiger partial charge in [0.2, 0.25) is 11.7 Å². The summed E-state index contributed by atoms with van der Waals surface area (Å²) in [5, 5.41) is 23.3. The van der Waals surface area contributed by atoms with E-state index in [1.54, 1.807) is 6.92 Å². The van der Waals surface area contributed by atoms with Gasteiger partial charge in [-0.05, 0) is 30.9 Å². The molecule has 1 aromatic heterocycles. The average Bonchev–Trinajstić information content (AvgIpc) is 3.01. The number of carboxylic acids is 1. The second-order valence-electron chi connectivity index (χ2n) is 6.64. The molecule has 7 nitrogen and oxygen atoms in total. The molecule has 134 valence electrons. The maximum atomic E-state index is 10.9. The Labute approximate surface area is 146 Å². The zero-order chi connectivity index (χ0) is 17.8. The number of rotatable bonds is 6. The first kappa shape index (κ1) is 17.6. The van der Waals surface area contributed by atoms with Crippen LogP contribution in [0.4, 0.5) is 0 Å². The van der Waals surface area contributed by atoms with Crippen molar-refractivity contribution in [3.63, 3.8) is 0 Å². The molecule has 1 saturated heterocycles. The van der Waals surface area contributed by atoms with Gasteiger partial charge in [-0.3, -0.25) is 4.79 Å². The van der Waals surface area contributed by atoms with Gasteiger partial charge in [0, 0.05) is 32.0 Å². The number of aromatic nitrogens is 2. The van der Waals surface area contributed by atoms with Gasteiger partial charge in [-0.15, -0.1) is 0 Å². The first-order valence-corrected chi connectivity index (χ1v) is 8.54. The van der Waals surface area contributed by atoms with E-state index in [0.717, 1.165) is 37.1 Å². The molecule has 0 bridgehead atoms. The van der Waals surface area contributed by atoms with Gasteiger partial charge in [-0.1, -0.05) is 29.4 Å². The number of nitrogens with zero attached hydrogens (tertiary/aromatic N) is 3. The predicted molar refractivity (Wildman–Crippen MR) is 90.8 cm³/mol. The highest BCUT2D eigenvalue weighted by Crippen LogP contribution is 2.24. The summed E-state index contributed by atoms with van der Waals surface area (Å²) in [6, 6.07) is 7.47. The van der Waals surface area contributed by atoms with E-state index in [0.29, 0.717) is 18.3 Å². The maximum absolute atomic E-state index is 10.9. The fraction of sp³-hybridized carbons (Fsp3) is 0.500. The molecular formula is C18H23N3O4. The predicted octanol–water partition coefficient (Wildman–Crippen LogP) is 2.27. The summed E-state index contributed by atoms with van der Waals surface area (Å²) >= 11 is 0. The first-order chi connectivity index (χ1) is 12.0. The number of β-amino-alcohol motifs (C(OH)–C–C–N with tert-alkyl or cyclic N) is 1. The molecule has 1 fully saturated rings. The Balaban J connectivity index is 1.59. The van der Waals surface area contributed by atoms with Crippen LogP contribution in [-0.2, 0) is 4.79 Å². The quantitative estimate of drug-likeness (QED) is 0.828. The Morgan fingerprint density at radius 2 is 2.16 bits per heavy atom. The second kappa shape index (κ2) is 7.76. The maximum Gasteiger partial charge on any atom is 0.303 e. The lowest BCUT2D eigenvalue weighted by atomic mass is 9.94. The molecule has 1 aliphatic heterocycles. The van der Waals surface area contributed by atoms with Crippen LogP contribution in [0.25, 0.3) is 11.4 Å². The largest absolute Gasteiger partial charge is 0.481 e. The number of carboxylic acid groups (broad SMARTS) is 1. The fourth-order valence-electron chi connectivity index (χ4n) is 3.35. The third kappa shape index (κ3) is 4.64.